The Morgan fingerprint density at radius 1 is 0.750 bits per heavy atom. The van der Waals surface area contributed by atoms with Gasteiger partial charge in [-0.1, -0.05) is 72.8 Å². The zero-order valence-electron chi connectivity index (χ0n) is 12.8. The number of para-hydroxylation sites is 1. The SMILES string of the molecule is O=C(O)c1cccc2c(-c3ccccc3)c(-c3ccccc3)oc12. The van der Waals surface area contributed by atoms with Gasteiger partial charge in [0.15, 0.2) is 0 Å². The van der Waals surface area contributed by atoms with Crippen molar-refractivity contribution in [3.05, 3.63) is 84.4 Å². The summed E-state index contributed by atoms with van der Waals surface area (Å²) in [5.41, 5.74) is 3.41. The minimum atomic E-state index is -0.992. The summed E-state index contributed by atoms with van der Waals surface area (Å²) in [7, 11) is 0. The highest BCUT2D eigenvalue weighted by Crippen LogP contribution is 2.41. The van der Waals surface area contributed by atoms with Crippen LogP contribution in [0.2, 0.25) is 0 Å². The predicted molar refractivity (Wildman–Crippen MR) is 94.0 cm³/mol. The van der Waals surface area contributed by atoms with Gasteiger partial charge in [-0.25, -0.2) is 4.79 Å². The molecule has 4 aromatic rings. The maximum Gasteiger partial charge on any atom is 0.339 e. The molecule has 0 bridgehead atoms. The van der Waals surface area contributed by atoms with E-state index in [9.17, 15) is 9.90 Å². The quantitative estimate of drug-likeness (QED) is 0.546. The molecule has 0 aliphatic heterocycles. The lowest BCUT2D eigenvalue weighted by molar-refractivity contribution is 0.0698. The lowest BCUT2D eigenvalue weighted by Crippen LogP contribution is -1.95. The minimum Gasteiger partial charge on any atom is -0.478 e. The summed E-state index contributed by atoms with van der Waals surface area (Å²) in [6, 6.07) is 24.9. The van der Waals surface area contributed by atoms with Crippen molar-refractivity contribution in [2.24, 2.45) is 0 Å². The molecule has 0 saturated heterocycles. The molecule has 0 atom stereocenters. The fourth-order valence-corrected chi connectivity index (χ4v) is 2.97. The first kappa shape index (κ1) is 14.3. The lowest BCUT2D eigenvalue weighted by Gasteiger charge is -2.03. The van der Waals surface area contributed by atoms with E-state index < -0.39 is 5.97 Å². The first-order chi connectivity index (χ1) is 11.8. The summed E-state index contributed by atoms with van der Waals surface area (Å²) < 4.78 is 6.05. The molecule has 3 heteroatoms. The monoisotopic (exact) mass is 314 g/mol. The molecule has 1 aromatic heterocycles. The van der Waals surface area contributed by atoms with Crippen LogP contribution < -0.4 is 0 Å². The van der Waals surface area contributed by atoms with E-state index in [4.69, 9.17) is 4.42 Å². The van der Waals surface area contributed by atoms with Crippen LogP contribution in [0.15, 0.2) is 83.3 Å². The molecule has 0 saturated carbocycles. The number of fused-ring (bicyclic) bond motifs is 1. The predicted octanol–water partition coefficient (Wildman–Crippen LogP) is 5.47. The fraction of sp³-hybridized carbons (Fsp3) is 0. The van der Waals surface area contributed by atoms with Gasteiger partial charge in [0.2, 0.25) is 0 Å². The average Bonchev–Trinajstić information content (AvgIpc) is 3.02. The summed E-state index contributed by atoms with van der Waals surface area (Å²) in [5.74, 6) is -0.306. The Labute approximate surface area is 138 Å². The molecule has 116 valence electrons. The van der Waals surface area contributed by atoms with Gasteiger partial charge in [-0.3, -0.25) is 0 Å². The van der Waals surface area contributed by atoms with E-state index in [-0.39, 0.29) is 5.56 Å². The van der Waals surface area contributed by atoms with Crippen LogP contribution in [-0.4, -0.2) is 11.1 Å². The van der Waals surface area contributed by atoms with Gasteiger partial charge in [0, 0.05) is 16.5 Å². The van der Waals surface area contributed by atoms with Crippen molar-refractivity contribution in [3.63, 3.8) is 0 Å². The topological polar surface area (TPSA) is 50.4 Å². The van der Waals surface area contributed by atoms with Crippen molar-refractivity contribution in [1.29, 1.82) is 0 Å². The van der Waals surface area contributed by atoms with Crippen LogP contribution in [-0.2, 0) is 0 Å². The number of carbonyl (C=O) groups is 1. The number of benzene rings is 3. The van der Waals surface area contributed by atoms with E-state index in [0.29, 0.717) is 11.3 Å². The van der Waals surface area contributed by atoms with Gasteiger partial charge >= 0.3 is 5.97 Å². The van der Waals surface area contributed by atoms with Crippen LogP contribution >= 0.6 is 0 Å². The summed E-state index contributed by atoms with van der Waals surface area (Å²) in [6.45, 7) is 0. The molecular weight excluding hydrogens is 300 g/mol. The van der Waals surface area contributed by atoms with E-state index in [2.05, 4.69) is 0 Å². The van der Waals surface area contributed by atoms with Crippen LogP contribution in [0.5, 0.6) is 0 Å². The highest BCUT2D eigenvalue weighted by Gasteiger charge is 2.21. The Bertz CT molecular complexity index is 1020. The van der Waals surface area contributed by atoms with Crippen LogP contribution in [0.25, 0.3) is 33.4 Å². The van der Waals surface area contributed by atoms with Crippen molar-refractivity contribution in [1.82, 2.24) is 0 Å². The van der Waals surface area contributed by atoms with E-state index in [1.165, 1.54) is 0 Å². The molecule has 0 aliphatic rings. The van der Waals surface area contributed by atoms with E-state index in [1.54, 1.807) is 12.1 Å². The first-order valence-corrected chi connectivity index (χ1v) is 7.65. The second-order valence-corrected chi connectivity index (χ2v) is 5.53. The van der Waals surface area contributed by atoms with E-state index in [0.717, 1.165) is 22.1 Å². The lowest BCUT2D eigenvalue weighted by atomic mass is 9.98. The van der Waals surface area contributed by atoms with Crippen molar-refractivity contribution in [2.45, 2.75) is 0 Å². The van der Waals surface area contributed by atoms with Gasteiger partial charge in [-0.15, -0.1) is 0 Å². The minimum absolute atomic E-state index is 0.173. The molecule has 0 spiro atoms. The fourth-order valence-electron chi connectivity index (χ4n) is 2.97. The van der Waals surface area contributed by atoms with Gasteiger partial charge in [-0.05, 0) is 11.6 Å². The smallest absolute Gasteiger partial charge is 0.339 e. The van der Waals surface area contributed by atoms with Crippen LogP contribution in [0.3, 0.4) is 0 Å². The second kappa shape index (κ2) is 5.70. The van der Waals surface area contributed by atoms with Crippen LogP contribution in [0.1, 0.15) is 10.4 Å². The van der Waals surface area contributed by atoms with Crippen LogP contribution in [0, 0.1) is 0 Å². The molecule has 24 heavy (non-hydrogen) atoms. The Hall–Kier alpha value is -3.33. The zero-order valence-corrected chi connectivity index (χ0v) is 12.8. The van der Waals surface area contributed by atoms with Gasteiger partial charge in [-0.2, -0.15) is 0 Å². The van der Waals surface area contributed by atoms with Gasteiger partial charge in [0.25, 0.3) is 0 Å². The largest absolute Gasteiger partial charge is 0.478 e. The number of carboxylic acids is 1. The third kappa shape index (κ3) is 2.27. The Morgan fingerprint density at radius 2 is 1.38 bits per heavy atom. The molecular formula is C21H14O3. The van der Waals surface area contributed by atoms with Crippen molar-refractivity contribution in [3.8, 4) is 22.5 Å². The Kier molecular flexibility index (Phi) is 3.39. The maximum atomic E-state index is 11.5. The summed E-state index contributed by atoms with van der Waals surface area (Å²) in [5, 5.41) is 10.3. The van der Waals surface area contributed by atoms with E-state index >= 15 is 0 Å². The molecule has 3 aromatic carbocycles. The molecule has 0 aliphatic carbocycles. The van der Waals surface area contributed by atoms with Crippen molar-refractivity contribution in [2.75, 3.05) is 0 Å². The Balaban J connectivity index is 2.11. The van der Waals surface area contributed by atoms with Crippen molar-refractivity contribution < 1.29 is 14.3 Å². The maximum absolute atomic E-state index is 11.5. The number of furan rings is 1. The normalized spacial score (nSPS) is 10.8. The highest BCUT2D eigenvalue weighted by atomic mass is 16.4. The molecule has 0 radical (unpaired) electrons. The number of carboxylic acid groups (broad SMARTS) is 1. The molecule has 0 unspecified atom stereocenters. The van der Waals surface area contributed by atoms with Crippen molar-refractivity contribution >= 4 is 16.9 Å². The third-order valence-electron chi connectivity index (χ3n) is 4.04. The van der Waals surface area contributed by atoms with Gasteiger partial charge in [0.05, 0.1) is 0 Å². The summed E-state index contributed by atoms with van der Waals surface area (Å²) in [6.07, 6.45) is 0. The molecule has 0 fully saturated rings. The van der Waals surface area contributed by atoms with Gasteiger partial charge in [0.1, 0.15) is 16.9 Å². The molecule has 4 rings (SSSR count). The summed E-state index contributed by atoms with van der Waals surface area (Å²) >= 11 is 0. The zero-order chi connectivity index (χ0) is 16.5. The standard InChI is InChI=1S/C21H14O3/c22-21(23)17-13-7-12-16-18(14-8-3-1-4-9-14)19(24-20(16)17)15-10-5-2-6-11-15/h1-13H,(H,22,23). The molecule has 3 nitrogen and oxygen atoms in total. The third-order valence-corrected chi connectivity index (χ3v) is 4.04. The van der Waals surface area contributed by atoms with E-state index in [1.807, 2.05) is 66.7 Å². The Morgan fingerprint density at radius 3 is 2.00 bits per heavy atom. The number of hydrogen-bond acceptors (Lipinski definition) is 2. The molecule has 1 heterocycles. The first-order valence-electron chi connectivity index (χ1n) is 7.65. The molecule has 0 amide bonds. The van der Waals surface area contributed by atoms with Gasteiger partial charge < -0.3 is 9.52 Å². The number of rotatable bonds is 3. The second-order valence-electron chi connectivity index (χ2n) is 5.53. The summed E-state index contributed by atoms with van der Waals surface area (Å²) in [4.78, 5) is 11.5. The molecule has 1 N–H and O–H groups in total. The highest BCUT2D eigenvalue weighted by molar-refractivity contribution is 6.09. The number of hydrogen-bond donors (Lipinski definition) is 1. The average molecular weight is 314 g/mol. The van der Waals surface area contributed by atoms with Crippen LogP contribution in [0.4, 0.5) is 0 Å². The number of aromatic carboxylic acids is 1.